The Bertz CT molecular complexity index is 1140. The average Bonchev–Trinajstić information content (AvgIpc) is 3.47. The van der Waals surface area contributed by atoms with Gasteiger partial charge in [-0.2, -0.15) is 4.98 Å². The molecular formula is C21H16N4O5. The molecular weight excluding hydrogens is 388 g/mol. The number of nitrogens with one attached hydrogen (secondary N) is 1. The number of hydrogen-bond acceptors (Lipinski definition) is 8. The summed E-state index contributed by atoms with van der Waals surface area (Å²) in [4.78, 5) is 32.6. The smallest absolute Gasteiger partial charge is 0.338 e. The molecule has 1 N–H and O–H groups in total. The Morgan fingerprint density at radius 1 is 1.10 bits per heavy atom. The molecule has 1 amide bonds. The third-order valence-corrected chi connectivity index (χ3v) is 4.12. The maximum Gasteiger partial charge on any atom is 0.338 e. The van der Waals surface area contributed by atoms with Gasteiger partial charge in [-0.3, -0.25) is 9.78 Å². The molecule has 0 unspecified atom stereocenters. The van der Waals surface area contributed by atoms with E-state index in [0.717, 1.165) is 0 Å². The number of aromatic nitrogens is 3. The number of furan rings is 1. The lowest BCUT2D eigenvalue weighted by Crippen LogP contribution is -2.12. The number of ether oxygens (including phenoxy) is 1. The Labute approximate surface area is 170 Å². The molecule has 30 heavy (non-hydrogen) atoms. The van der Waals surface area contributed by atoms with Gasteiger partial charge in [-0.05, 0) is 55.5 Å². The van der Waals surface area contributed by atoms with Crippen molar-refractivity contribution in [2.45, 2.75) is 13.0 Å². The fourth-order valence-corrected chi connectivity index (χ4v) is 2.58. The third kappa shape index (κ3) is 4.25. The topological polar surface area (TPSA) is 120 Å². The molecule has 1 aromatic carbocycles. The first-order valence-electron chi connectivity index (χ1n) is 9.00. The van der Waals surface area contributed by atoms with Crippen molar-refractivity contribution in [2.24, 2.45) is 0 Å². The number of anilines is 1. The molecule has 9 heteroatoms. The lowest BCUT2D eigenvalue weighted by atomic mass is 10.2. The summed E-state index contributed by atoms with van der Waals surface area (Å²) in [6.07, 6.45) is 3.92. The zero-order valence-corrected chi connectivity index (χ0v) is 15.8. The van der Waals surface area contributed by atoms with Crippen LogP contribution >= 0.6 is 0 Å². The maximum absolute atomic E-state index is 12.4. The number of rotatable bonds is 6. The highest BCUT2D eigenvalue weighted by molar-refractivity contribution is 6.02. The summed E-state index contributed by atoms with van der Waals surface area (Å²) in [7, 11) is 0. The monoisotopic (exact) mass is 404 g/mol. The molecule has 0 saturated carbocycles. The van der Waals surface area contributed by atoms with Crippen LogP contribution < -0.4 is 5.32 Å². The molecule has 0 bridgehead atoms. The van der Waals surface area contributed by atoms with Crippen molar-refractivity contribution >= 4 is 17.6 Å². The van der Waals surface area contributed by atoms with E-state index < -0.39 is 12.1 Å². The van der Waals surface area contributed by atoms with Crippen LogP contribution in [0.2, 0.25) is 0 Å². The molecule has 0 aliphatic carbocycles. The van der Waals surface area contributed by atoms with E-state index in [0.29, 0.717) is 22.6 Å². The van der Waals surface area contributed by atoms with E-state index in [9.17, 15) is 9.59 Å². The second-order valence-electron chi connectivity index (χ2n) is 6.25. The Balaban J connectivity index is 1.38. The highest BCUT2D eigenvalue weighted by Crippen LogP contribution is 2.21. The maximum atomic E-state index is 12.4. The predicted molar refractivity (Wildman–Crippen MR) is 104 cm³/mol. The molecule has 0 spiro atoms. The van der Waals surface area contributed by atoms with Crippen LogP contribution in [0.4, 0.5) is 5.69 Å². The van der Waals surface area contributed by atoms with Crippen molar-refractivity contribution in [3.8, 4) is 11.4 Å². The van der Waals surface area contributed by atoms with Crippen LogP contribution in [0.25, 0.3) is 11.4 Å². The van der Waals surface area contributed by atoms with Gasteiger partial charge in [0.2, 0.25) is 5.82 Å². The Hall–Kier alpha value is -4.27. The summed E-state index contributed by atoms with van der Waals surface area (Å²) in [6, 6.07) is 13.0. The molecule has 9 nitrogen and oxygen atoms in total. The van der Waals surface area contributed by atoms with Crippen molar-refractivity contribution in [1.82, 2.24) is 15.1 Å². The van der Waals surface area contributed by atoms with E-state index in [-0.39, 0.29) is 17.6 Å². The van der Waals surface area contributed by atoms with Crippen LogP contribution in [0.1, 0.15) is 39.8 Å². The van der Waals surface area contributed by atoms with Gasteiger partial charge in [0.1, 0.15) is 0 Å². The molecule has 0 aliphatic heterocycles. The van der Waals surface area contributed by atoms with Gasteiger partial charge in [-0.1, -0.05) is 5.16 Å². The Kier molecular flexibility index (Phi) is 5.33. The van der Waals surface area contributed by atoms with Gasteiger partial charge in [0.15, 0.2) is 11.9 Å². The lowest BCUT2D eigenvalue weighted by molar-refractivity contribution is 0.0265. The normalized spacial score (nSPS) is 11.6. The van der Waals surface area contributed by atoms with E-state index in [2.05, 4.69) is 20.4 Å². The van der Waals surface area contributed by atoms with Gasteiger partial charge >= 0.3 is 5.97 Å². The summed E-state index contributed by atoms with van der Waals surface area (Å²) >= 11 is 0. The molecule has 3 heterocycles. The summed E-state index contributed by atoms with van der Waals surface area (Å²) in [5.74, 6) is -0.225. The van der Waals surface area contributed by atoms with Crippen molar-refractivity contribution in [3.63, 3.8) is 0 Å². The van der Waals surface area contributed by atoms with Crippen molar-refractivity contribution in [2.75, 3.05) is 5.32 Å². The number of amides is 1. The van der Waals surface area contributed by atoms with Crippen LogP contribution in [-0.4, -0.2) is 27.0 Å². The molecule has 0 radical (unpaired) electrons. The minimum absolute atomic E-state index is 0.171. The number of pyridine rings is 1. The second kappa shape index (κ2) is 8.39. The van der Waals surface area contributed by atoms with Crippen LogP contribution in [-0.2, 0) is 4.74 Å². The van der Waals surface area contributed by atoms with Gasteiger partial charge in [0.05, 0.1) is 11.8 Å². The standard InChI is InChI=1S/C21H16N4O5/c1-13(20-24-18(25-30-20)15-4-2-10-22-12-15)29-21(27)14-6-8-16(9-7-14)23-19(26)17-5-3-11-28-17/h2-13H,1H3,(H,23,26)/t13-/m0/s1. The third-order valence-electron chi connectivity index (χ3n) is 4.12. The molecule has 3 aromatic heterocycles. The van der Waals surface area contributed by atoms with Crippen LogP contribution in [0, 0.1) is 0 Å². The highest BCUT2D eigenvalue weighted by atomic mass is 16.6. The van der Waals surface area contributed by atoms with Gasteiger partial charge in [-0.15, -0.1) is 0 Å². The zero-order chi connectivity index (χ0) is 20.9. The number of carbonyl (C=O) groups is 2. The van der Waals surface area contributed by atoms with Gasteiger partial charge in [-0.25, -0.2) is 4.79 Å². The highest BCUT2D eigenvalue weighted by Gasteiger charge is 2.20. The predicted octanol–water partition coefficient (Wildman–Crippen LogP) is 3.89. The molecule has 4 aromatic rings. The van der Waals surface area contributed by atoms with E-state index in [1.165, 1.54) is 6.26 Å². The summed E-state index contributed by atoms with van der Waals surface area (Å²) in [5, 5.41) is 6.55. The lowest BCUT2D eigenvalue weighted by Gasteiger charge is -2.09. The molecule has 1 atom stereocenters. The van der Waals surface area contributed by atoms with Gasteiger partial charge < -0.3 is 19.0 Å². The van der Waals surface area contributed by atoms with Crippen LogP contribution in [0.15, 0.2) is 76.1 Å². The number of carbonyl (C=O) groups excluding carboxylic acids is 2. The van der Waals surface area contributed by atoms with Gasteiger partial charge in [0, 0.05) is 23.6 Å². The van der Waals surface area contributed by atoms with E-state index >= 15 is 0 Å². The molecule has 0 fully saturated rings. The summed E-state index contributed by atoms with van der Waals surface area (Å²) < 4.78 is 15.6. The van der Waals surface area contributed by atoms with Gasteiger partial charge in [0.25, 0.3) is 11.8 Å². The van der Waals surface area contributed by atoms with Crippen LogP contribution in [0.3, 0.4) is 0 Å². The van der Waals surface area contributed by atoms with E-state index in [1.54, 1.807) is 67.8 Å². The quantitative estimate of drug-likeness (QED) is 0.481. The fourth-order valence-electron chi connectivity index (χ4n) is 2.58. The number of esters is 1. The largest absolute Gasteiger partial charge is 0.459 e. The SMILES string of the molecule is C[C@H](OC(=O)c1ccc(NC(=O)c2ccco2)cc1)c1nc(-c2cccnc2)no1. The summed E-state index contributed by atoms with van der Waals surface area (Å²) in [6.45, 7) is 1.64. The number of hydrogen-bond donors (Lipinski definition) is 1. The molecule has 150 valence electrons. The van der Waals surface area contributed by atoms with E-state index in [4.69, 9.17) is 13.7 Å². The van der Waals surface area contributed by atoms with Crippen molar-refractivity contribution in [1.29, 1.82) is 0 Å². The molecule has 0 aliphatic rings. The minimum atomic E-state index is -0.742. The van der Waals surface area contributed by atoms with E-state index in [1.807, 2.05) is 0 Å². The first-order chi connectivity index (χ1) is 14.6. The Morgan fingerprint density at radius 2 is 1.93 bits per heavy atom. The average molecular weight is 404 g/mol. The van der Waals surface area contributed by atoms with Crippen molar-refractivity contribution in [3.05, 3.63) is 84.4 Å². The minimum Gasteiger partial charge on any atom is -0.459 e. The number of nitrogens with zero attached hydrogens (tertiary/aromatic N) is 3. The summed E-state index contributed by atoms with van der Waals surface area (Å²) in [5.41, 5.74) is 1.52. The second-order valence-corrected chi connectivity index (χ2v) is 6.25. The first-order valence-corrected chi connectivity index (χ1v) is 9.00. The fraction of sp³-hybridized carbons (Fsp3) is 0.0952. The van der Waals surface area contributed by atoms with Crippen molar-refractivity contribution < 1.29 is 23.3 Å². The molecule has 0 saturated heterocycles. The zero-order valence-electron chi connectivity index (χ0n) is 15.8. The molecule has 4 rings (SSSR count). The van der Waals surface area contributed by atoms with Crippen LogP contribution in [0.5, 0.6) is 0 Å². The first kappa shape index (κ1) is 19.1. The Morgan fingerprint density at radius 3 is 2.63 bits per heavy atom. The number of benzene rings is 1.